The van der Waals surface area contributed by atoms with Crippen LogP contribution in [0.2, 0.25) is 0 Å². The minimum Gasteiger partial charge on any atom is -0.480 e. The number of benzene rings is 1. The van der Waals surface area contributed by atoms with Gasteiger partial charge in [-0.05, 0) is 80.7 Å². The zero-order valence-electron chi connectivity index (χ0n) is 12.1. The van der Waals surface area contributed by atoms with Crippen molar-refractivity contribution in [1.29, 1.82) is 0 Å². The number of aliphatic carboxylic acids is 1. The number of carboxylic acids is 1. The fourth-order valence-electron chi connectivity index (χ4n) is 1.87. The number of hydrogen-bond donors (Lipinski definition) is 1. The van der Waals surface area contributed by atoms with Crippen LogP contribution in [0.5, 0.6) is 5.75 Å². The highest BCUT2D eigenvalue weighted by Gasteiger charge is 2.34. The summed E-state index contributed by atoms with van der Waals surface area (Å²) >= 11 is 4.96. The number of hydrogen-bond acceptors (Lipinski definition) is 5. The Labute approximate surface area is 169 Å². The molecular weight excluding hydrogens is 560 g/mol. The number of amides is 2. The van der Waals surface area contributed by atoms with Crippen LogP contribution in [0.25, 0.3) is 6.08 Å². The van der Waals surface area contributed by atoms with E-state index in [1.54, 1.807) is 18.2 Å². The molecule has 1 aliphatic rings. The Balaban J connectivity index is 2.27. The first kappa shape index (κ1) is 19.2. The Morgan fingerprint density at radius 2 is 1.96 bits per heavy atom. The van der Waals surface area contributed by atoms with E-state index in [9.17, 15) is 14.4 Å². The van der Waals surface area contributed by atoms with Crippen LogP contribution >= 0.6 is 56.9 Å². The molecule has 6 nitrogen and oxygen atoms in total. The average molecular weight is 571 g/mol. The summed E-state index contributed by atoms with van der Waals surface area (Å²) in [5.41, 5.74) is 0.732. The number of carbonyl (C=O) groups excluding carboxylic acids is 2. The van der Waals surface area contributed by atoms with Crippen LogP contribution in [-0.2, 0) is 9.59 Å². The second kappa shape index (κ2) is 8.34. The standard InChI is InChI=1S/C15H11I2NO5S/c1-2-3-18-14(21)11(24-15(18)22)6-8-4-9(16)13(10(17)5-8)23-7-12(19)20/h2,4-6H,1,3,7H2,(H,19,20)/b11-6+. The zero-order valence-corrected chi connectivity index (χ0v) is 17.3. The number of carbonyl (C=O) groups is 3. The number of ether oxygens (including phenoxy) is 1. The lowest BCUT2D eigenvalue weighted by Gasteiger charge is -2.10. The number of thioether (sulfide) groups is 1. The molecule has 2 rings (SSSR count). The van der Waals surface area contributed by atoms with Crippen LogP contribution in [0, 0.1) is 7.14 Å². The molecule has 0 aliphatic carbocycles. The van der Waals surface area contributed by atoms with Crippen molar-refractivity contribution in [2.24, 2.45) is 0 Å². The van der Waals surface area contributed by atoms with E-state index in [0.717, 1.165) is 29.4 Å². The zero-order chi connectivity index (χ0) is 17.9. The van der Waals surface area contributed by atoms with Gasteiger partial charge in [0.1, 0.15) is 5.75 Å². The highest BCUT2D eigenvalue weighted by atomic mass is 127. The van der Waals surface area contributed by atoms with E-state index in [4.69, 9.17) is 9.84 Å². The molecule has 1 heterocycles. The van der Waals surface area contributed by atoms with Gasteiger partial charge < -0.3 is 9.84 Å². The second-order valence-electron chi connectivity index (χ2n) is 4.58. The van der Waals surface area contributed by atoms with Gasteiger partial charge in [-0.3, -0.25) is 14.5 Å². The highest BCUT2D eigenvalue weighted by Crippen LogP contribution is 2.34. The predicted octanol–water partition coefficient (Wildman–Crippen LogP) is 3.58. The van der Waals surface area contributed by atoms with Gasteiger partial charge in [0.25, 0.3) is 11.1 Å². The topological polar surface area (TPSA) is 83.9 Å². The molecule has 0 radical (unpaired) electrons. The normalized spacial score (nSPS) is 15.9. The van der Waals surface area contributed by atoms with E-state index >= 15 is 0 Å². The van der Waals surface area contributed by atoms with Crippen molar-refractivity contribution in [3.63, 3.8) is 0 Å². The van der Waals surface area contributed by atoms with E-state index < -0.39 is 12.6 Å². The maximum Gasteiger partial charge on any atom is 0.341 e. The summed E-state index contributed by atoms with van der Waals surface area (Å²) in [6.45, 7) is 3.29. The van der Waals surface area contributed by atoms with Crippen molar-refractivity contribution in [2.45, 2.75) is 0 Å². The Hall–Kier alpha value is -1.08. The van der Waals surface area contributed by atoms with Crippen LogP contribution in [-0.4, -0.2) is 40.3 Å². The lowest BCUT2D eigenvalue weighted by Crippen LogP contribution is -2.27. The molecule has 1 aromatic carbocycles. The molecule has 0 aromatic heterocycles. The average Bonchev–Trinajstić information content (AvgIpc) is 2.74. The molecule has 24 heavy (non-hydrogen) atoms. The lowest BCUT2D eigenvalue weighted by atomic mass is 10.2. The van der Waals surface area contributed by atoms with Crippen molar-refractivity contribution in [3.8, 4) is 5.75 Å². The minimum absolute atomic E-state index is 0.180. The monoisotopic (exact) mass is 571 g/mol. The third-order valence-electron chi connectivity index (χ3n) is 2.84. The van der Waals surface area contributed by atoms with Crippen molar-refractivity contribution in [1.82, 2.24) is 4.90 Å². The fraction of sp³-hybridized carbons (Fsp3) is 0.133. The molecule has 1 N–H and O–H groups in total. The number of halogens is 2. The first-order valence-corrected chi connectivity index (χ1v) is 9.50. The molecule has 0 bridgehead atoms. The maximum absolute atomic E-state index is 12.2. The molecule has 0 unspecified atom stereocenters. The summed E-state index contributed by atoms with van der Waals surface area (Å²) < 4.78 is 6.70. The summed E-state index contributed by atoms with van der Waals surface area (Å²) in [6, 6.07) is 3.53. The van der Waals surface area contributed by atoms with Gasteiger partial charge in [-0.1, -0.05) is 6.08 Å². The molecule has 9 heteroatoms. The fourth-order valence-corrected chi connectivity index (χ4v) is 4.85. The van der Waals surface area contributed by atoms with Crippen LogP contribution in [0.1, 0.15) is 5.56 Å². The summed E-state index contributed by atoms with van der Waals surface area (Å²) in [5.74, 6) is -0.918. The van der Waals surface area contributed by atoms with Crippen LogP contribution < -0.4 is 4.74 Å². The molecule has 2 amide bonds. The van der Waals surface area contributed by atoms with E-state index in [-0.39, 0.29) is 17.7 Å². The molecule has 1 aliphatic heterocycles. The van der Waals surface area contributed by atoms with E-state index in [0.29, 0.717) is 10.7 Å². The maximum atomic E-state index is 12.2. The van der Waals surface area contributed by atoms with Gasteiger partial charge in [0.15, 0.2) is 6.61 Å². The van der Waals surface area contributed by atoms with Gasteiger partial charge in [-0.25, -0.2) is 4.79 Å². The molecule has 1 aromatic rings. The quantitative estimate of drug-likeness (QED) is 0.320. The number of imide groups is 1. The van der Waals surface area contributed by atoms with E-state index in [1.807, 2.05) is 45.2 Å². The Morgan fingerprint density at radius 3 is 2.50 bits per heavy atom. The third-order valence-corrected chi connectivity index (χ3v) is 5.35. The first-order valence-electron chi connectivity index (χ1n) is 6.53. The van der Waals surface area contributed by atoms with Crippen molar-refractivity contribution in [3.05, 3.63) is 42.4 Å². The molecule has 1 saturated heterocycles. The molecule has 0 saturated carbocycles. The number of rotatable bonds is 6. The number of nitrogens with zero attached hydrogens (tertiary/aromatic N) is 1. The van der Waals surface area contributed by atoms with Crippen molar-refractivity contribution < 1.29 is 24.2 Å². The summed E-state index contributed by atoms with van der Waals surface area (Å²) in [6.07, 6.45) is 3.14. The highest BCUT2D eigenvalue weighted by molar-refractivity contribution is 14.1. The summed E-state index contributed by atoms with van der Waals surface area (Å²) in [7, 11) is 0. The van der Waals surface area contributed by atoms with Crippen molar-refractivity contribution in [2.75, 3.05) is 13.2 Å². The van der Waals surface area contributed by atoms with Crippen molar-refractivity contribution >= 4 is 80.1 Å². The molecule has 126 valence electrons. The smallest absolute Gasteiger partial charge is 0.341 e. The molecule has 0 spiro atoms. The molecular formula is C15H11I2NO5S. The van der Waals surface area contributed by atoms with Crippen LogP contribution in [0.3, 0.4) is 0 Å². The number of carboxylic acid groups (broad SMARTS) is 1. The predicted molar refractivity (Wildman–Crippen MR) is 108 cm³/mol. The van der Waals surface area contributed by atoms with Crippen LogP contribution in [0.4, 0.5) is 4.79 Å². The summed E-state index contributed by atoms with van der Waals surface area (Å²) in [4.78, 5) is 36.1. The SMILES string of the molecule is C=CCN1C(=O)S/C(=C/c2cc(I)c(OCC(=O)O)c(I)c2)C1=O. The van der Waals surface area contributed by atoms with Crippen LogP contribution in [0.15, 0.2) is 29.7 Å². The first-order chi connectivity index (χ1) is 11.3. The van der Waals surface area contributed by atoms with E-state index in [1.165, 1.54) is 6.08 Å². The summed E-state index contributed by atoms with van der Waals surface area (Å²) in [5, 5.41) is 8.38. The van der Waals surface area contributed by atoms with Gasteiger partial charge in [0.05, 0.1) is 12.0 Å². The minimum atomic E-state index is -1.05. The van der Waals surface area contributed by atoms with Gasteiger partial charge in [0.2, 0.25) is 0 Å². The Morgan fingerprint density at radius 1 is 1.33 bits per heavy atom. The van der Waals surface area contributed by atoms with Gasteiger partial charge in [-0.15, -0.1) is 6.58 Å². The Bertz CT molecular complexity index is 739. The van der Waals surface area contributed by atoms with Gasteiger partial charge >= 0.3 is 5.97 Å². The third kappa shape index (κ3) is 4.51. The molecule has 0 atom stereocenters. The largest absolute Gasteiger partial charge is 0.480 e. The molecule has 1 fully saturated rings. The Kier molecular flexibility index (Phi) is 6.69. The van der Waals surface area contributed by atoms with Gasteiger partial charge in [-0.2, -0.15) is 0 Å². The van der Waals surface area contributed by atoms with E-state index in [2.05, 4.69) is 6.58 Å². The van der Waals surface area contributed by atoms with Gasteiger partial charge in [0, 0.05) is 6.54 Å². The lowest BCUT2D eigenvalue weighted by molar-refractivity contribution is -0.139. The second-order valence-corrected chi connectivity index (χ2v) is 7.89.